The van der Waals surface area contributed by atoms with Gasteiger partial charge >= 0.3 is 6.29 Å². The number of phenolic OH excluding ortho intramolecular Hbond substituents is 1. The Kier molecular flexibility index (Phi) is 5.55. The third kappa shape index (κ3) is 4.10. The number of rotatable bonds is 5. The monoisotopic (exact) mass is 508 g/mol. The van der Waals surface area contributed by atoms with E-state index in [9.17, 15) is 28.7 Å². The minimum Gasteiger partial charge on any atom is -0.508 e. The Morgan fingerprint density at radius 1 is 1.22 bits per heavy atom. The number of amides is 1. The lowest BCUT2D eigenvalue weighted by molar-refractivity contribution is -0.286. The van der Waals surface area contributed by atoms with Crippen LogP contribution in [0.2, 0.25) is 0 Å². The standard InChI is InChI=1S/C25H18F2N4O6/c1-3-30(16-4-5-19-20(11-16)37-25(26,27)36-19)23(33)13(2)31-24(34)18-6-7-35-22(18)21(29-31)15-8-14(12-28)9-17(32)10-15/h4-11,13,32H,3H2,1-2H3. The Morgan fingerprint density at radius 3 is 2.70 bits per heavy atom. The molecule has 2 aromatic heterocycles. The molecule has 1 atom stereocenters. The summed E-state index contributed by atoms with van der Waals surface area (Å²) in [6.45, 7) is 3.30. The summed E-state index contributed by atoms with van der Waals surface area (Å²) in [5, 5.41) is 23.8. The zero-order valence-electron chi connectivity index (χ0n) is 19.4. The molecule has 3 heterocycles. The lowest BCUT2D eigenvalue weighted by Crippen LogP contribution is -2.40. The predicted molar refractivity (Wildman–Crippen MR) is 125 cm³/mol. The van der Waals surface area contributed by atoms with Gasteiger partial charge in [0.25, 0.3) is 11.5 Å². The zero-order chi connectivity index (χ0) is 26.5. The maximum absolute atomic E-state index is 13.5. The van der Waals surface area contributed by atoms with E-state index in [0.717, 1.165) is 4.68 Å². The molecule has 1 unspecified atom stereocenters. The number of halogens is 2. The highest BCUT2D eigenvalue weighted by atomic mass is 19.3. The molecule has 0 aliphatic carbocycles. The van der Waals surface area contributed by atoms with Crippen molar-refractivity contribution in [2.45, 2.75) is 26.2 Å². The van der Waals surface area contributed by atoms with Crippen LogP contribution < -0.4 is 19.9 Å². The number of aromatic nitrogens is 2. The topological polar surface area (TPSA) is 131 Å². The third-order valence-corrected chi connectivity index (χ3v) is 5.85. The number of phenols is 1. The fourth-order valence-electron chi connectivity index (χ4n) is 4.15. The summed E-state index contributed by atoms with van der Waals surface area (Å²) >= 11 is 0. The Balaban J connectivity index is 1.57. The molecule has 4 aromatic rings. The number of aromatic hydroxyl groups is 1. The van der Waals surface area contributed by atoms with Gasteiger partial charge in [0, 0.05) is 23.9 Å². The maximum Gasteiger partial charge on any atom is 0.586 e. The average Bonchev–Trinajstić information content (AvgIpc) is 3.47. The Hall–Kier alpha value is -4.92. The molecule has 1 aliphatic rings. The summed E-state index contributed by atoms with van der Waals surface area (Å²) < 4.78 is 42.2. The molecule has 0 saturated carbocycles. The number of nitrogens with zero attached hydrogens (tertiary/aromatic N) is 4. The van der Waals surface area contributed by atoms with Crippen molar-refractivity contribution in [1.29, 1.82) is 5.26 Å². The number of carbonyl (C=O) groups excluding carboxylic acids is 1. The fraction of sp³-hybridized carbons (Fsp3) is 0.200. The van der Waals surface area contributed by atoms with Gasteiger partial charge in [0.05, 0.1) is 23.3 Å². The van der Waals surface area contributed by atoms with Crippen LogP contribution in [0.5, 0.6) is 17.2 Å². The van der Waals surface area contributed by atoms with Crippen molar-refractivity contribution in [1.82, 2.24) is 9.78 Å². The van der Waals surface area contributed by atoms with Crippen LogP contribution in [-0.4, -0.2) is 33.6 Å². The summed E-state index contributed by atoms with van der Waals surface area (Å²) in [5.41, 5.74) is 0.372. The molecule has 188 valence electrons. The van der Waals surface area contributed by atoms with Crippen LogP contribution in [-0.2, 0) is 4.79 Å². The number of benzene rings is 2. The van der Waals surface area contributed by atoms with E-state index in [2.05, 4.69) is 14.6 Å². The van der Waals surface area contributed by atoms with Gasteiger partial charge in [-0.1, -0.05) is 0 Å². The van der Waals surface area contributed by atoms with Gasteiger partial charge in [-0.15, -0.1) is 8.78 Å². The van der Waals surface area contributed by atoms with E-state index >= 15 is 0 Å². The van der Waals surface area contributed by atoms with E-state index in [0.29, 0.717) is 5.56 Å². The molecular weight excluding hydrogens is 490 g/mol. The quantitative estimate of drug-likeness (QED) is 0.425. The number of anilines is 1. The van der Waals surface area contributed by atoms with Crippen LogP contribution in [0.15, 0.2) is 57.9 Å². The van der Waals surface area contributed by atoms with Crippen LogP contribution in [0.25, 0.3) is 22.2 Å². The van der Waals surface area contributed by atoms with Gasteiger partial charge < -0.3 is 23.9 Å². The predicted octanol–water partition coefficient (Wildman–Crippen LogP) is 4.17. The normalized spacial score (nSPS) is 14.4. The number of alkyl halides is 2. The first-order valence-electron chi connectivity index (χ1n) is 11.1. The number of likely N-dealkylation sites (N-methyl/N-ethyl adjacent to an activating group) is 1. The zero-order valence-corrected chi connectivity index (χ0v) is 19.4. The van der Waals surface area contributed by atoms with Crippen molar-refractivity contribution in [2.75, 3.05) is 11.4 Å². The van der Waals surface area contributed by atoms with E-state index in [1.807, 2.05) is 6.07 Å². The maximum atomic E-state index is 13.5. The highest BCUT2D eigenvalue weighted by molar-refractivity contribution is 5.97. The summed E-state index contributed by atoms with van der Waals surface area (Å²) in [6.07, 6.45) is -2.51. The second-order valence-electron chi connectivity index (χ2n) is 8.20. The largest absolute Gasteiger partial charge is 0.586 e. The van der Waals surface area contributed by atoms with E-state index in [4.69, 9.17) is 4.42 Å². The molecule has 5 rings (SSSR count). The summed E-state index contributed by atoms with van der Waals surface area (Å²) in [7, 11) is 0. The minimum atomic E-state index is -3.81. The molecule has 1 N–H and O–H groups in total. The number of carbonyl (C=O) groups is 1. The van der Waals surface area contributed by atoms with Crippen molar-refractivity contribution in [3.8, 4) is 34.6 Å². The van der Waals surface area contributed by atoms with Crippen LogP contribution >= 0.6 is 0 Å². The first-order valence-corrected chi connectivity index (χ1v) is 11.1. The van der Waals surface area contributed by atoms with Crippen LogP contribution in [0.3, 0.4) is 0 Å². The number of fused-ring (bicyclic) bond motifs is 2. The summed E-state index contributed by atoms with van der Waals surface area (Å²) in [4.78, 5) is 28.1. The Bertz CT molecular complexity index is 1660. The van der Waals surface area contributed by atoms with Crippen molar-refractivity contribution in [2.24, 2.45) is 0 Å². The van der Waals surface area contributed by atoms with Crippen molar-refractivity contribution < 1.29 is 32.6 Å². The molecule has 10 nitrogen and oxygen atoms in total. The summed E-state index contributed by atoms with van der Waals surface area (Å²) in [6, 6.07) is 10.3. The molecule has 37 heavy (non-hydrogen) atoms. The van der Waals surface area contributed by atoms with Crippen LogP contribution in [0.4, 0.5) is 14.5 Å². The van der Waals surface area contributed by atoms with Gasteiger partial charge in [-0.05, 0) is 50.2 Å². The van der Waals surface area contributed by atoms with Gasteiger partial charge in [0.15, 0.2) is 17.1 Å². The average molecular weight is 508 g/mol. The summed E-state index contributed by atoms with van der Waals surface area (Å²) in [5.74, 6) is -1.13. The highest BCUT2D eigenvalue weighted by Gasteiger charge is 2.43. The molecule has 1 aliphatic heterocycles. The molecule has 2 aromatic carbocycles. The number of hydrogen-bond donors (Lipinski definition) is 1. The number of nitriles is 1. The Labute approximate surface area is 207 Å². The van der Waals surface area contributed by atoms with E-state index in [-0.39, 0.29) is 51.7 Å². The smallest absolute Gasteiger partial charge is 0.508 e. The first-order chi connectivity index (χ1) is 17.6. The van der Waals surface area contributed by atoms with Crippen molar-refractivity contribution in [3.63, 3.8) is 0 Å². The SMILES string of the molecule is CCN(C(=O)C(C)n1nc(-c2cc(O)cc(C#N)c2)c2occc2c1=O)c1ccc2c(c1)OC(F)(F)O2. The Morgan fingerprint density at radius 2 is 1.97 bits per heavy atom. The third-order valence-electron chi connectivity index (χ3n) is 5.85. The van der Waals surface area contributed by atoms with Gasteiger partial charge in [-0.25, -0.2) is 4.68 Å². The highest BCUT2D eigenvalue weighted by Crippen LogP contribution is 2.43. The second-order valence-corrected chi connectivity index (χ2v) is 8.20. The first kappa shape index (κ1) is 23.8. The molecule has 12 heteroatoms. The fourth-order valence-corrected chi connectivity index (χ4v) is 4.15. The van der Waals surface area contributed by atoms with Crippen molar-refractivity contribution in [3.05, 3.63) is 64.6 Å². The minimum absolute atomic E-state index is 0.124. The van der Waals surface area contributed by atoms with Crippen molar-refractivity contribution >= 4 is 22.6 Å². The molecule has 0 bridgehead atoms. The molecular formula is C25H18F2N4O6. The van der Waals surface area contributed by atoms with E-state index < -0.39 is 23.8 Å². The number of furan rings is 1. The molecule has 0 fully saturated rings. The number of hydrogen-bond acceptors (Lipinski definition) is 8. The molecule has 0 saturated heterocycles. The molecule has 1 amide bonds. The van der Waals surface area contributed by atoms with Gasteiger partial charge in [-0.3, -0.25) is 9.59 Å². The molecule has 0 radical (unpaired) electrons. The lowest BCUT2D eigenvalue weighted by atomic mass is 10.1. The second kappa shape index (κ2) is 8.63. The van der Waals surface area contributed by atoms with Crippen LogP contribution in [0, 0.1) is 11.3 Å². The van der Waals surface area contributed by atoms with E-state index in [1.54, 1.807) is 6.92 Å². The lowest BCUT2D eigenvalue weighted by Gasteiger charge is -2.25. The van der Waals surface area contributed by atoms with Gasteiger partial charge in [0.1, 0.15) is 17.5 Å². The number of ether oxygens (including phenoxy) is 2. The van der Waals surface area contributed by atoms with Crippen LogP contribution in [0.1, 0.15) is 25.5 Å². The van der Waals surface area contributed by atoms with Gasteiger partial charge in [0.2, 0.25) is 0 Å². The van der Waals surface area contributed by atoms with Gasteiger partial charge in [-0.2, -0.15) is 10.4 Å². The van der Waals surface area contributed by atoms with E-state index in [1.165, 1.54) is 60.6 Å². The molecule has 0 spiro atoms.